The van der Waals surface area contributed by atoms with Gasteiger partial charge in [0.15, 0.2) is 0 Å². The van der Waals surface area contributed by atoms with Gasteiger partial charge in [0.05, 0.1) is 15.2 Å². The zero-order valence-corrected chi connectivity index (χ0v) is 11.6. The number of benzene rings is 1. The van der Waals surface area contributed by atoms with Crippen molar-refractivity contribution in [3.05, 3.63) is 46.0 Å². The maximum Gasteiger partial charge on any atom is 0.269 e. The molecule has 7 heteroatoms. The molecule has 0 aliphatic rings. The zero-order chi connectivity index (χ0) is 14.5. The Labute approximate surface area is 112 Å². The first-order valence-electron chi connectivity index (χ1n) is 5.82. The highest BCUT2D eigenvalue weighted by atomic mass is 32.2. The first-order chi connectivity index (χ1) is 8.90. The van der Waals surface area contributed by atoms with Crippen molar-refractivity contribution in [2.45, 2.75) is 18.7 Å². The second-order valence-electron chi connectivity index (χ2n) is 3.80. The third-order valence-electron chi connectivity index (χ3n) is 2.64. The molecule has 0 N–H and O–H groups in total. The summed E-state index contributed by atoms with van der Waals surface area (Å²) in [5, 5.41) is 11.6. The van der Waals surface area contributed by atoms with Gasteiger partial charge in [-0.2, -0.15) is 0 Å². The van der Waals surface area contributed by atoms with Crippen molar-refractivity contribution in [1.82, 2.24) is 4.90 Å². The van der Waals surface area contributed by atoms with E-state index in [1.54, 1.807) is 0 Å². The van der Waals surface area contributed by atoms with Gasteiger partial charge in [0.2, 0.25) is 9.84 Å². The van der Waals surface area contributed by atoms with Crippen LogP contribution >= 0.6 is 0 Å². The van der Waals surface area contributed by atoms with E-state index < -0.39 is 14.8 Å². The summed E-state index contributed by atoms with van der Waals surface area (Å²) in [4.78, 5) is 11.8. The van der Waals surface area contributed by atoms with E-state index in [2.05, 4.69) is 0 Å². The molecular weight excluding hydrogens is 268 g/mol. The predicted molar refractivity (Wildman–Crippen MR) is 72.3 cm³/mol. The van der Waals surface area contributed by atoms with Crippen LogP contribution in [0.1, 0.15) is 13.8 Å². The highest BCUT2D eigenvalue weighted by molar-refractivity contribution is 7.94. The van der Waals surface area contributed by atoms with Crippen molar-refractivity contribution >= 4 is 15.5 Å². The number of nitrogens with zero attached hydrogens (tertiary/aromatic N) is 2. The molecule has 19 heavy (non-hydrogen) atoms. The SMILES string of the molecule is CCN(/C=C/S(=O)(=O)c1ccc([N+](=O)[O-])cc1)CC. The first-order valence-corrected chi connectivity index (χ1v) is 7.37. The lowest BCUT2D eigenvalue weighted by Gasteiger charge is -2.14. The molecule has 1 rings (SSSR count). The average Bonchev–Trinajstić information content (AvgIpc) is 2.40. The molecule has 0 aliphatic carbocycles. The summed E-state index contributed by atoms with van der Waals surface area (Å²) in [6, 6.07) is 4.83. The normalized spacial score (nSPS) is 11.7. The van der Waals surface area contributed by atoms with E-state index in [0.717, 1.165) is 5.41 Å². The Balaban J connectivity index is 2.97. The van der Waals surface area contributed by atoms with Gasteiger partial charge in [0, 0.05) is 31.4 Å². The summed E-state index contributed by atoms with van der Waals surface area (Å²) < 4.78 is 23.9. The largest absolute Gasteiger partial charge is 0.377 e. The van der Waals surface area contributed by atoms with Crippen LogP contribution in [0.4, 0.5) is 5.69 Å². The zero-order valence-electron chi connectivity index (χ0n) is 10.8. The molecule has 0 radical (unpaired) electrons. The molecule has 0 saturated carbocycles. The number of sulfone groups is 1. The Morgan fingerprint density at radius 1 is 1.21 bits per heavy atom. The van der Waals surface area contributed by atoms with Gasteiger partial charge < -0.3 is 4.90 Å². The van der Waals surface area contributed by atoms with E-state index in [0.29, 0.717) is 13.1 Å². The van der Waals surface area contributed by atoms with Crippen molar-refractivity contribution in [2.24, 2.45) is 0 Å². The summed E-state index contributed by atoms with van der Waals surface area (Å²) in [5.74, 6) is 0. The van der Waals surface area contributed by atoms with Crippen LogP contribution in [0.2, 0.25) is 0 Å². The molecule has 1 aromatic carbocycles. The highest BCUT2D eigenvalue weighted by Crippen LogP contribution is 2.17. The number of hydrogen-bond acceptors (Lipinski definition) is 5. The molecule has 0 fully saturated rings. The lowest BCUT2D eigenvalue weighted by molar-refractivity contribution is -0.384. The van der Waals surface area contributed by atoms with Gasteiger partial charge in [0.25, 0.3) is 5.69 Å². The second-order valence-corrected chi connectivity index (χ2v) is 5.64. The summed E-state index contributed by atoms with van der Waals surface area (Å²) in [6.07, 6.45) is 1.51. The molecule has 0 spiro atoms. The van der Waals surface area contributed by atoms with Gasteiger partial charge in [-0.1, -0.05) is 0 Å². The summed E-state index contributed by atoms with van der Waals surface area (Å²) in [7, 11) is -3.56. The molecule has 0 atom stereocenters. The molecule has 0 unspecified atom stereocenters. The van der Waals surface area contributed by atoms with E-state index in [1.165, 1.54) is 30.5 Å². The van der Waals surface area contributed by atoms with Gasteiger partial charge in [-0.15, -0.1) is 0 Å². The lowest BCUT2D eigenvalue weighted by atomic mass is 10.3. The standard InChI is InChI=1S/C12H16N2O4S/c1-3-13(4-2)9-10-19(17,18)12-7-5-11(6-8-12)14(15)16/h5-10H,3-4H2,1-2H3/b10-9+. The van der Waals surface area contributed by atoms with Crippen LogP contribution in [-0.2, 0) is 9.84 Å². The molecule has 0 aliphatic heterocycles. The minimum absolute atomic E-state index is 0.0431. The molecule has 0 aromatic heterocycles. The maximum absolute atomic E-state index is 12.0. The van der Waals surface area contributed by atoms with E-state index in [4.69, 9.17) is 0 Å². The van der Waals surface area contributed by atoms with E-state index in [9.17, 15) is 18.5 Å². The predicted octanol–water partition coefficient (Wildman–Crippen LogP) is 2.18. The van der Waals surface area contributed by atoms with Gasteiger partial charge in [-0.3, -0.25) is 10.1 Å². The van der Waals surface area contributed by atoms with Crippen molar-refractivity contribution in [1.29, 1.82) is 0 Å². The molecule has 0 heterocycles. The summed E-state index contributed by atoms with van der Waals surface area (Å²) in [5.41, 5.74) is -0.133. The van der Waals surface area contributed by atoms with Crippen LogP contribution in [0.3, 0.4) is 0 Å². The summed E-state index contributed by atoms with van der Waals surface area (Å²) in [6.45, 7) is 5.27. The molecule has 0 bridgehead atoms. The fourth-order valence-corrected chi connectivity index (χ4v) is 2.44. The number of nitro groups is 1. The van der Waals surface area contributed by atoms with Crippen LogP contribution in [0, 0.1) is 10.1 Å². The van der Waals surface area contributed by atoms with E-state index in [-0.39, 0.29) is 10.6 Å². The van der Waals surface area contributed by atoms with E-state index in [1.807, 2.05) is 18.7 Å². The van der Waals surface area contributed by atoms with Crippen molar-refractivity contribution < 1.29 is 13.3 Å². The minimum Gasteiger partial charge on any atom is -0.377 e. The number of rotatable bonds is 6. The third kappa shape index (κ3) is 4.06. The fourth-order valence-electron chi connectivity index (χ4n) is 1.44. The van der Waals surface area contributed by atoms with Gasteiger partial charge in [-0.05, 0) is 26.0 Å². The van der Waals surface area contributed by atoms with Gasteiger partial charge in [0.1, 0.15) is 0 Å². The molecule has 0 amide bonds. The molecular formula is C12H16N2O4S. The van der Waals surface area contributed by atoms with Gasteiger partial charge >= 0.3 is 0 Å². The monoisotopic (exact) mass is 284 g/mol. The van der Waals surface area contributed by atoms with Gasteiger partial charge in [-0.25, -0.2) is 8.42 Å². The lowest BCUT2D eigenvalue weighted by Crippen LogP contribution is -2.15. The Hall–Kier alpha value is -1.89. The molecule has 1 aromatic rings. The molecule has 104 valence electrons. The molecule has 6 nitrogen and oxygen atoms in total. The van der Waals surface area contributed by atoms with E-state index >= 15 is 0 Å². The smallest absolute Gasteiger partial charge is 0.269 e. The number of hydrogen-bond donors (Lipinski definition) is 0. The van der Waals surface area contributed by atoms with Crippen LogP contribution < -0.4 is 0 Å². The Morgan fingerprint density at radius 2 is 1.74 bits per heavy atom. The van der Waals surface area contributed by atoms with Crippen molar-refractivity contribution in [3.63, 3.8) is 0 Å². The van der Waals surface area contributed by atoms with Crippen molar-refractivity contribution in [3.8, 4) is 0 Å². The van der Waals surface area contributed by atoms with Crippen molar-refractivity contribution in [2.75, 3.05) is 13.1 Å². The fraction of sp³-hybridized carbons (Fsp3) is 0.333. The highest BCUT2D eigenvalue weighted by Gasteiger charge is 2.13. The minimum atomic E-state index is -3.56. The van der Waals surface area contributed by atoms with Crippen LogP contribution in [0.25, 0.3) is 0 Å². The Kier molecular flexibility index (Phi) is 5.05. The first kappa shape index (κ1) is 15.2. The number of nitro benzene ring substituents is 1. The van der Waals surface area contributed by atoms with Crippen LogP contribution in [0.15, 0.2) is 40.8 Å². The second kappa shape index (κ2) is 6.33. The molecule has 0 saturated heterocycles. The maximum atomic E-state index is 12.0. The summed E-state index contributed by atoms with van der Waals surface area (Å²) >= 11 is 0. The Bertz CT molecular complexity index is 560. The van der Waals surface area contributed by atoms with Crippen LogP contribution in [-0.4, -0.2) is 31.3 Å². The third-order valence-corrected chi connectivity index (χ3v) is 4.05. The topological polar surface area (TPSA) is 80.5 Å². The number of non-ortho nitro benzene ring substituents is 1. The Morgan fingerprint density at radius 3 is 2.16 bits per heavy atom. The average molecular weight is 284 g/mol. The quantitative estimate of drug-likeness (QED) is 0.591. The van der Waals surface area contributed by atoms with Crippen LogP contribution in [0.5, 0.6) is 0 Å².